The van der Waals surface area contributed by atoms with E-state index in [9.17, 15) is 4.79 Å². The van der Waals surface area contributed by atoms with Crippen LogP contribution in [0, 0.1) is 13.8 Å². The number of carbonyl (C=O) groups excluding carboxylic acids is 1. The Balaban J connectivity index is 1.80. The molecule has 0 saturated carbocycles. The van der Waals surface area contributed by atoms with Gasteiger partial charge in [0.05, 0.1) is 23.1 Å². The van der Waals surface area contributed by atoms with Crippen molar-refractivity contribution in [2.24, 2.45) is 0 Å². The van der Waals surface area contributed by atoms with Crippen molar-refractivity contribution >= 4 is 5.91 Å². The van der Waals surface area contributed by atoms with E-state index in [0.717, 1.165) is 40.9 Å². The van der Waals surface area contributed by atoms with Crippen LogP contribution in [0.15, 0.2) is 79.0 Å². The molecule has 0 aliphatic carbocycles. The minimum absolute atomic E-state index is 0.0860. The highest BCUT2D eigenvalue weighted by molar-refractivity contribution is 6.00. The van der Waals surface area contributed by atoms with E-state index in [0.29, 0.717) is 12.1 Å². The normalized spacial score (nSPS) is 10.8. The van der Waals surface area contributed by atoms with E-state index in [1.165, 1.54) is 11.1 Å². The molecule has 0 bridgehead atoms. The third kappa shape index (κ3) is 4.35. The molecule has 4 heteroatoms. The summed E-state index contributed by atoms with van der Waals surface area (Å²) in [7, 11) is 0. The quantitative estimate of drug-likeness (QED) is 0.352. The lowest BCUT2D eigenvalue weighted by molar-refractivity contribution is 0.0954. The van der Waals surface area contributed by atoms with Crippen molar-refractivity contribution in [3.05, 3.63) is 95.7 Å². The molecule has 1 heterocycles. The van der Waals surface area contributed by atoms with Crippen LogP contribution in [0.2, 0.25) is 0 Å². The van der Waals surface area contributed by atoms with Crippen molar-refractivity contribution in [1.82, 2.24) is 15.1 Å². The average Bonchev–Trinajstić information content (AvgIpc) is 3.26. The van der Waals surface area contributed by atoms with Gasteiger partial charge in [0.1, 0.15) is 0 Å². The van der Waals surface area contributed by atoms with Crippen LogP contribution in [0.25, 0.3) is 28.1 Å². The van der Waals surface area contributed by atoms with E-state index in [-0.39, 0.29) is 5.91 Å². The van der Waals surface area contributed by atoms with E-state index >= 15 is 0 Å². The zero-order chi connectivity index (χ0) is 22.5. The predicted octanol–water partition coefficient (Wildman–Crippen LogP) is 6.35. The molecule has 4 aromatic rings. The third-order valence-corrected chi connectivity index (χ3v) is 5.90. The second-order valence-electron chi connectivity index (χ2n) is 8.09. The first-order chi connectivity index (χ1) is 15.6. The fourth-order valence-corrected chi connectivity index (χ4v) is 3.87. The molecule has 1 amide bonds. The minimum atomic E-state index is -0.0860. The summed E-state index contributed by atoms with van der Waals surface area (Å²) in [5, 5.41) is 7.70. The third-order valence-electron chi connectivity index (χ3n) is 5.90. The van der Waals surface area contributed by atoms with Crippen LogP contribution in [0.3, 0.4) is 0 Å². The Labute approximate surface area is 189 Å². The number of unbranched alkanes of at least 4 members (excludes halogenated alkanes) is 1. The molecule has 162 valence electrons. The second-order valence-corrected chi connectivity index (χ2v) is 8.09. The van der Waals surface area contributed by atoms with E-state index in [4.69, 9.17) is 0 Å². The molecule has 1 N–H and O–H groups in total. The molecule has 0 unspecified atom stereocenters. The molecule has 0 fully saturated rings. The molecule has 0 saturated heterocycles. The molecule has 4 rings (SSSR count). The number of aryl methyl sites for hydroxylation is 1. The summed E-state index contributed by atoms with van der Waals surface area (Å²) in [5.74, 6) is -0.0860. The molecule has 3 aromatic carbocycles. The Kier molecular flexibility index (Phi) is 6.50. The highest BCUT2D eigenvalue weighted by Crippen LogP contribution is 2.30. The zero-order valence-electron chi connectivity index (χ0n) is 18.9. The van der Waals surface area contributed by atoms with Crippen LogP contribution in [0.4, 0.5) is 0 Å². The van der Waals surface area contributed by atoms with Gasteiger partial charge in [-0.05, 0) is 48.6 Å². The van der Waals surface area contributed by atoms with Crippen LogP contribution >= 0.6 is 0 Å². The first-order valence-corrected chi connectivity index (χ1v) is 11.2. The summed E-state index contributed by atoms with van der Waals surface area (Å²) in [5.41, 5.74) is 8.00. The van der Waals surface area contributed by atoms with Crippen LogP contribution in [0.1, 0.15) is 41.3 Å². The van der Waals surface area contributed by atoms with Crippen LogP contribution in [-0.4, -0.2) is 22.2 Å². The van der Waals surface area contributed by atoms with Crippen molar-refractivity contribution < 1.29 is 4.79 Å². The number of hydrogen-bond donors (Lipinski definition) is 1. The van der Waals surface area contributed by atoms with Gasteiger partial charge in [-0.2, -0.15) is 5.10 Å². The predicted molar refractivity (Wildman–Crippen MR) is 131 cm³/mol. The average molecular weight is 424 g/mol. The number of benzene rings is 3. The molecule has 32 heavy (non-hydrogen) atoms. The van der Waals surface area contributed by atoms with Crippen LogP contribution < -0.4 is 5.32 Å². The lowest BCUT2D eigenvalue weighted by Gasteiger charge is -2.14. The number of nitrogens with zero attached hydrogens (tertiary/aromatic N) is 2. The van der Waals surface area contributed by atoms with Gasteiger partial charge in [-0.15, -0.1) is 0 Å². The molecule has 0 atom stereocenters. The Hall–Kier alpha value is -3.66. The molecule has 0 aliphatic rings. The number of hydrogen-bond acceptors (Lipinski definition) is 2. The number of carbonyl (C=O) groups is 1. The maximum Gasteiger partial charge on any atom is 0.255 e. The summed E-state index contributed by atoms with van der Waals surface area (Å²) in [4.78, 5) is 13.0. The fourth-order valence-electron chi connectivity index (χ4n) is 3.87. The fraction of sp³-hybridized carbons (Fsp3) is 0.214. The first-order valence-electron chi connectivity index (χ1n) is 11.2. The van der Waals surface area contributed by atoms with Crippen molar-refractivity contribution in [2.75, 3.05) is 6.54 Å². The monoisotopic (exact) mass is 423 g/mol. The minimum Gasteiger partial charge on any atom is -0.352 e. The Morgan fingerprint density at radius 3 is 2.28 bits per heavy atom. The summed E-state index contributed by atoms with van der Waals surface area (Å²) < 4.78 is 1.90. The van der Waals surface area contributed by atoms with Crippen LogP contribution in [0.5, 0.6) is 0 Å². The molecule has 1 aromatic heterocycles. The van der Waals surface area contributed by atoms with Crippen LogP contribution in [-0.2, 0) is 0 Å². The Bertz CT molecular complexity index is 1210. The summed E-state index contributed by atoms with van der Waals surface area (Å²) in [6, 6.07) is 24.8. The maximum absolute atomic E-state index is 13.0. The number of amides is 1. The van der Waals surface area contributed by atoms with Gasteiger partial charge in [0, 0.05) is 12.1 Å². The van der Waals surface area contributed by atoms with Gasteiger partial charge in [0.15, 0.2) is 0 Å². The highest BCUT2D eigenvalue weighted by atomic mass is 16.1. The molecule has 4 nitrogen and oxygen atoms in total. The van der Waals surface area contributed by atoms with Gasteiger partial charge in [-0.25, -0.2) is 4.68 Å². The molecule has 0 radical (unpaired) electrons. The van der Waals surface area contributed by atoms with E-state index in [2.05, 4.69) is 79.7 Å². The smallest absolute Gasteiger partial charge is 0.255 e. The largest absolute Gasteiger partial charge is 0.352 e. The number of aromatic nitrogens is 2. The summed E-state index contributed by atoms with van der Waals surface area (Å²) in [6.45, 7) is 6.96. The van der Waals surface area contributed by atoms with Crippen molar-refractivity contribution in [2.45, 2.75) is 33.6 Å². The van der Waals surface area contributed by atoms with E-state index in [1.54, 1.807) is 6.20 Å². The second kappa shape index (κ2) is 9.65. The van der Waals surface area contributed by atoms with Gasteiger partial charge >= 0.3 is 0 Å². The van der Waals surface area contributed by atoms with Crippen molar-refractivity contribution in [1.29, 1.82) is 0 Å². The molecule has 0 aliphatic heterocycles. The maximum atomic E-state index is 13.0. The van der Waals surface area contributed by atoms with Crippen molar-refractivity contribution in [3.63, 3.8) is 0 Å². The number of nitrogens with one attached hydrogen (secondary N) is 1. The Morgan fingerprint density at radius 1 is 0.875 bits per heavy atom. The molecular formula is C28H29N3O. The highest BCUT2D eigenvalue weighted by Gasteiger charge is 2.21. The summed E-state index contributed by atoms with van der Waals surface area (Å²) >= 11 is 0. The lowest BCUT2D eigenvalue weighted by Crippen LogP contribution is -2.24. The SMILES string of the molecule is CCCCNC(=O)c1cnn(-c2cccc(C)c2C)c1-c1ccc(-c2ccccc2)cc1. The molecular weight excluding hydrogens is 394 g/mol. The van der Waals surface area contributed by atoms with E-state index in [1.807, 2.05) is 28.9 Å². The Morgan fingerprint density at radius 2 is 1.56 bits per heavy atom. The van der Waals surface area contributed by atoms with Gasteiger partial charge in [0.2, 0.25) is 0 Å². The van der Waals surface area contributed by atoms with Gasteiger partial charge in [-0.1, -0.05) is 80.1 Å². The van der Waals surface area contributed by atoms with Gasteiger partial charge in [0.25, 0.3) is 5.91 Å². The molecule has 0 spiro atoms. The first kappa shape index (κ1) is 21.6. The zero-order valence-corrected chi connectivity index (χ0v) is 18.9. The lowest BCUT2D eigenvalue weighted by atomic mass is 10.0. The summed E-state index contributed by atoms with van der Waals surface area (Å²) in [6.07, 6.45) is 3.68. The topological polar surface area (TPSA) is 46.9 Å². The van der Waals surface area contributed by atoms with Crippen molar-refractivity contribution in [3.8, 4) is 28.1 Å². The van der Waals surface area contributed by atoms with Gasteiger partial charge < -0.3 is 5.32 Å². The van der Waals surface area contributed by atoms with E-state index < -0.39 is 0 Å². The standard InChI is InChI=1S/C28H29N3O/c1-4-5-18-29-28(32)25-19-30-31(26-13-9-10-20(2)21(26)3)27(25)24-16-14-23(15-17-24)22-11-7-6-8-12-22/h6-17,19H,4-5,18H2,1-3H3,(H,29,32). The number of rotatable bonds is 7. The van der Waals surface area contributed by atoms with Gasteiger partial charge in [-0.3, -0.25) is 4.79 Å².